The van der Waals surface area contributed by atoms with Gasteiger partial charge in [-0.1, -0.05) is 29.8 Å². The molecule has 4 nitrogen and oxygen atoms in total. The average molecular weight is 404 g/mol. The molecule has 2 unspecified atom stereocenters. The molecule has 2 N–H and O–H groups in total. The van der Waals surface area contributed by atoms with Gasteiger partial charge in [0.25, 0.3) is 0 Å². The molecule has 1 fully saturated rings. The number of rotatable bonds is 6. The number of carbonyl (C=O) groups excluding carboxylic acids is 1. The number of nitrogens with zero attached hydrogens (tertiary/aromatic N) is 1. The van der Waals surface area contributed by atoms with Crippen LogP contribution in [-0.4, -0.2) is 18.5 Å². The fraction of sp³-hybridized carbons (Fsp3) is 0.240. The van der Waals surface area contributed by atoms with E-state index in [1.165, 1.54) is 23.3 Å². The van der Waals surface area contributed by atoms with E-state index in [2.05, 4.69) is 36.1 Å². The molecule has 0 bridgehead atoms. The van der Waals surface area contributed by atoms with Gasteiger partial charge in [-0.15, -0.1) is 0 Å². The van der Waals surface area contributed by atoms with Crippen LogP contribution >= 0.6 is 0 Å². The van der Waals surface area contributed by atoms with Crippen molar-refractivity contribution in [3.05, 3.63) is 89.7 Å². The molecule has 4 rings (SSSR count). The molecule has 30 heavy (non-hydrogen) atoms. The molecule has 3 aromatic carbocycles. The van der Waals surface area contributed by atoms with Gasteiger partial charge in [-0.25, -0.2) is 4.39 Å². The van der Waals surface area contributed by atoms with E-state index in [1.54, 1.807) is 12.1 Å². The van der Waals surface area contributed by atoms with Gasteiger partial charge >= 0.3 is 0 Å². The predicted octanol–water partition coefficient (Wildman–Crippen LogP) is 4.85. The lowest BCUT2D eigenvalue weighted by Gasteiger charge is -2.24. The lowest BCUT2D eigenvalue weighted by Crippen LogP contribution is -2.40. The highest BCUT2D eigenvalue weighted by molar-refractivity contribution is 5.84. The van der Waals surface area contributed by atoms with Gasteiger partial charge in [0, 0.05) is 12.2 Å². The van der Waals surface area contributed by atoms with E-state index in [1.807, 2.05) is 24.3 Å². The molecule has 1 saturated heterocycles. The summed E-state index contributed by atoms with van der Waals surface area (Å²) in [5.74, 6) is 0.979. The van der Waals surface area contributed by atoms with Gasteiger partial charge in [0.1, 0.15) is 23.4 Å². The number of primary amides is 1. The van der Waals surface area contributed by atoms with Crippen molar-refractivity contribution in [2.24, 2.45) is 11.7 Å². The SMILES string of the molecule is Cc1ccc(CC2CC(C(N)=O)N(c3ccc(Oc4ccc(F)cc4)cc3)C2)cc1. The monoisotopic (exact) mass is 404 g/mol. The molecular weight excluding hydrogens is 379 g/mol. The highest BCUT2D eigenvalue weighted by Crippen LogP contribution is 2.33. The normalized spacial score (nSPS) is 18.4. The second-order valence-corrected chi connectivity index (χ2v) is 7.91. The Hall–Kier alpha value is -3.34. The minimum Gasteiger partial charge on any atom is -0.457 e. The van der Waals surface area contributed by atoms with Crippen molar-refractivity contribution in [1.82, 2.24) is 0 Å². The third kappa shape index (κ3) is 4.62. The van der Waals surface area contributed by atoms with Crippen LogP contribution in [0.4, 0.5) is 10.1 Å². The topological polar surface area (TPSA) is 55.6 Å². The average Bonchev–Trinajstić information content (AvgIpc) is 3.16. The van der Waals surface area contributed by atoms with Crippen LogP contribution < -0.4 is 15.4 Å². The highest BCUT2D eigenvalue weighted by Gasteiger charge is 2.35. The lowest BCUT2D eigenvalue weighted by molar-refractivity contribution is -0.119. The number of nitrogens with two attached hydrogens (primary N) is 1. The molecule has 0 saturated carbocycles. The Bertz CT molecular complexity index is 1000. The Balaban J connectivity index is 1.46. The van der Waals surface area contributed by atoms with Crippen molar-refractivity contribution in [3.63, 3.8) is 0 Å². The van der Waals surface area contributed by atoms with Gasteiger partial charge in [-0.2, -0.15) is 0 Å². The van der Waals surface area contributed by atoms with Gasteiger partial charge in [-0.3, -0.25) is 4.79 Å². The first-order valence-electron chi connectivity index (χ1n) is 10.1. The summed E-state index contributed by atoms with van der Waals surface area (Å²) in [7, 11) is 0. The second-order valence-electron chi connectivity index (χ2n) is 7.91. The highest BCUT2D eigenvalue weighted by atomic mass is 19.1. The summed E-state index contributed by atoms with van der Waals surface area (Å²) in [6, 6.07) is 21.7. The zero-order chi connectivity index (χ0) is 21.1. The molecular formula is C25H25FN2O2. The molecule has 1 aliphatic heterocycles. The van der Waals surface area contributed by atoms with Crippen molar-refractivity contribution in [2.75, 3.05) is 11.4 Å². The lowest BCUT2D eigenvalue weighted by atomic mass is 9.96. The van der Waals surface area contributed by atoms with Crippen LogP contribution in [0, 0.1) is 18.7 Å². The van der Waals surface area contributed by atoms with Crippen LogP contribution in [0.1, 0.15) is 17.5 Å². The summed E-state index contributed by atoms with van der Waals surface area (Å²) in [6.45, 7) is 2.85. The number of halogens is 1. The number of carbonyl (C=O) groups is 1. The summed E-state index contributed by atoms with van der Waals surface area (Å²) < 4.78 is 18.8. The van der Waals surface area contributed by atoms with Gasteiger partial charge in [-0.05, 0) is 79.8 Å². The van der Waals surface area contributed by atoms with Gasteiger partial charge in [0.2, 0.25) is 5.91 Å². The molecule has 1 heterocycles. The quantitative estimate of drug-likeness (QED) is 0.639. The summed E-state index contributed by atoms with van der Waals surface area (Å²) >= 11 is 0. The van der Waals surface area contributed by atoms with Crippen molar-refractivity contribution < 1.29 is 13.9 Å². The van der Waals surface area contributed by atoms with E-state index < -0.39 is 0 Å². The molecule has 5 heteroatoms. The number of aryl methyl sites for hydroxylation is 1. The molecule has 0 aliphatic carbocycles. The van der Waals surface area contributed by atoms with Crippen molar-refractivity contribution >= 4 is 11.6 Å². The largest absolute Gasteiger partial charge is 0.457 e. The molecule has 1 amide bonds. The van der Waals surface area contributed by atoms with Crippen LogP contribution in [0.25, 0.3) is 0 Å². The molecule has 2 atom stereocenters. The minimum atomic E-state index is -0.315. The smallest absolute Gasteiger partial charge is 0.240 e. The third-order valence-electron chi connectivity index (χ3n) is 5.58. The number of ether oxygens (including phenoxy) is 1. The Morgan fingerprint density at radius 2 is 1.60 bits per heavy atom. The number of anilines is 1. The van der Waals surface area contributed by atoms with Gasteiger partial charge < -0.3 is 15.4 Å². The van der Waals surface area contributed by atoms with Gasteiger partial charge in [0.15, 0.2) is 0 Å². The maximum Gasteiger partial charge on any atom is 0.240 e. The van der Waals surface area contributed by atoms with E-state index in [0.717, 1.165) is 25.1 Å². The Morgan fingerprint density at radius 3 is 2.20 bits per heavy atom. The van der Waals surface area contributed by atoms with E-state index >= 15 is 0 Å². The van der Waals surface area contributed by atoms with E-state index in [-0.39, 0.29) is 17.8 Å². The fourth-order valence-corrected chi connectivity index (χ4v) is 4.03. The van der Waals surface area contributed by atoms with Crippen LogP contribution in [0.5, 0.6) is 11.5 Å². The standard InChI is InChI=1S/C25H25FN2O2/c1-17-2-4-18(5-3-17)14-19-15-24(25(27)29)28(16-19)21-8-12-23(13-9-21)30-22-10-6-20(26)7-11-22/h2-13,19,24H,14-16H2,1H3,(H2,27,29). The first-order valence-corrected chi connectivity index (χ1v) is 10.1. The third-order valence-corrected chi connectivity index (χ3v) is 5.58. The number of hydrogen-bond donors (Lipinski definition) is 1. The zero-order valence-electron chi connectivity index (χ0n) is 16.9. The van der Waals surface area contributed by atoms with E-state index in [4.69, 9.17) is 10.5 Å². The molecule has 0 radical (unpaired) electrons. The summed E-state index contributed by atoms with van der Waals surface area (Å²) in [5, 5.41) is 0. The predicted molar refractivity (Wildman–Crippen MR) is 116 cm³/mol. The molecule has 0 spiro atoms. The van der Waals surface area contributed by atoms with Crippen LogP contribution in [0.3, 0.4) is 0 Å². The zero-order valence-corrected chi connectivity index (χ0v) is 16.9. The summed E-state index contributed by atoms with van der Waals surface area (Å²) in [5.41, 5.74) is 9.17. The first kappa shape index (κ1) is 20.0. The first-order chi connectivity index (χ1) is 14.5. The van der Waals surface area contributed by atoms with Crippen LogP contribution in [0.15, 0.2) is 72.8 Å². The molecule has 0 aromatic heterocycles. The summed E-state index contributed by atoms with van der Waals surface area (Å²) in [4.78, 5) is 14.2. The molecule has 154 valence electrons. The Morgan fingerprint density at radius 1 is 1.00 bits per heavy atom. The maximum absolute atomic E-state index is 13.0. The Kier molecular flexibility index (Phi) is 5.70. The van der Waals surface area contributed by atoms with Crippen molar-refractivity contribution in [2.45, 2.75) is 25.8 Å². The molecule has 3 aromatic rings. The summed E-state index contributed by atoms with van der Waals surface area (Å²) in [6.07, 6.45) is 1.67. The minimum absolute atomic E-state index is 0.298. The van der Waals surface area contributed by atoms with E-state index in [0.29, 0.717) is 17.4 Å². The van der Waals surface area contributed by atoms with E-state index in [9.17, 15) is 9.18 Å². The molecule has 1 aliphatic rings. The van der Waals surface area contributed by atoms with Crippen LogP contribution in [0.2, 0.25) is 0 Å². The number of hydrogen-bond acceptors (Lipinski definition) is 3. The van der Waals surface area contributed by atoms with Gasteiger partial charge in [0.05, 0.1) is 0 Å². The van der Waals surface area contributed by atoms with Crippen molar-refractivity contribution in [3.8, 4) is 11.5 Å². The van der Waals surface area contributed by atoms with Crippen molar-refractivity contribution in [1.29, 1.82) is 0 Å². The number of amides is 1. The van der Waals surface area contributed by atoms with Crippen LogP contribution in [-0.2, 0) is 11.2 Å². The maximum atomic E-state index is 13.0. The fourth-order valence-electron chi connectivity index (χ4n) is 4.03. The number of benzene rings is 3. The second kappa shape index (κ2) is 8.57. The Labute approximate surface area is 176 Å².